The van der Waals surface area contributed by atoms with Crippen molar-refractivity contribution in [2.75, 3.05) is 0 Å². The molecule has 1 aliphatic rings. The maximum absolute atomic E-state index is 13.6. The molecule has 0 spiro atoms. The van der Waals surface area contributed by atoms with Gasteiger partial charge in [-0.3, -0.25) is 0 Å². The zero-order valence-corrected chi connectivity index (χ0v) is 9.81. The third-order valence-corrected chi connectivity index (χ3v) is 3.65. The van der Waals surface area contributed by atoms with E-state index < -0.39 is 0 Å². The summed E-state index contributed by atoms with van der Waals surface area (Å²) in [4.78, 5) is 0. The van der Waals surface area contributed by atoms with Crippen molar-refractivity contribution in [1.82, 2.24) is 0 Å². The van der Waals surface area contributed by atoms with Crippen LogP contribution >= 0.6 is 11.6 Å². The van der Waals surface area contributed by atoms with Gasteiger partial charge in [-0.2, -0.15) is 0 Å². The molecule has 0 nitrogen and oxygen atoms in total. The summed E-state index contributed by atoms with van der Waals surface area (Å²) in [7, 11) is 0. The molecule has 88 valence electrons. The largest absolute Gasteiger partial charge is 0.207 e. The van der Waals surface area contributed by atoms with Gasteiger partial charge in [0, 0.05) is 5.38 Å². The molecule has 16 heavy (non-hydrogen) atoms. The zero-order chi connectivity index (χ0) is 11.5. The predicted octanol–water partition coefficient (Wildman–Crippen LogP) is 4.62. The SMILES string of the molecule is Fc1ccc(F)c(C2CCCCC(Cl)C2)c1. The Morgan fingerprint density at radius 1 is 1.12 bits per heavy atom. The van der Waals surface area contributed by atoms with Crippen LogP contribution in [0.25, 0.3) is 0 Å². The summed E-state index contributed by atoms with van der Waals surface area (Å²) in [5.41, 5.74) is 0.493. The molecule has 0 aliphatic heterocycles. The minimum atomic E-state index is -0.369. The summed E-state index contributed by atoms with van der Waals surface area (Å²) >= 11 is 6.14. The highest BCUT2D eigenvalue weighted by molar-refractivity contribution is 6.20. The molecule has 2 atom stereocenters. The Bertz CT molecular complexity index is 365. The van der Waals surface area contributed by atoms with Crippen LogP contribution in [0.3, 0.4) is 0 Å². The first kappa shape index (κ1) is 11.8. The molecule has 0 amide bonds. The first-order chi connectivity index (χ1) is 7.66. The van der Waals surface area contributed by atoms with E-state index in [1.807, 2.05) is 0 Å². The van der Waals surface area contributed by atoms with Crippen LogP contribution in [0.2, 0.25) is 0 Å². The molecule has 1 saturated carbocycles. The fraction of sp³-hybridized carbons (Fsp3) is 0.538. The predicted molar refractivity (Wildman–Crippen MR) is 61.8 cm³/mol. The molecular weight excluding hydrogens is 230 g/mol. The van der Waals surface area contributed by atoms with E-state index in [4.69, 9.17) is 11.6 Å². The van der Waals surface area contributed by atoms with Crippen LogP contribution in [0.1, 0.15) is 43.6 Å². The van der Waals surface area contributed by atoms with Crippen molar-refractivity contribution in [3.8, 4) is 0 Å². The van der Waals surface area contributed by atoms with Crippen LogP contribution in [-0.2, 0) is 0 Å². The number of hydrogen-bond donors (Lipinski definition) is 0. The zero-order valence-electron chi connectivity index (χ0n) is 9.06. The van der Waals surface area contributed by atoms with E-state index in [1.54, 1.807) is 0 Å². The summed E-state index contributed by atoms with van der Waals surface area (Å²) < 4.78 is 26.7. The third kappa shape index (κ3) is 2.73. The molecule has 0 radical (unpaired) electrons. The van der Waals surface area contributed by atoms with E-state index in [9.17, 15) is 8.78 Å². The molecule has 0 aromatic heterocycles. The lowest BCUT2D eigenvalue weighted by atomic mass is 9.91. The Morgan fingerprint density at radius 3 is 2.69 bits per heavy atom. The average molecular weight is 245 g/mol. The van der Waals surface area contributed by atoms with Crippen molar-refractivity contribution in [3.05, 3.63) is 35.4 Å². The van der Waals surface area contributed by atoms with Crippen molar-refractivity contribution in [2.24, 2.45) is 0 Å². The average Bonchev–Trinajstić information content (AvgIpc) is 2.46. The van der Waals surface area contributed by atoms with Crippen LogP contribution < -0.4 is 0 Å². The number of benzene rings is 1. The van der Waals surface area contributed by atoms with Gasteiger partial charge in [0.15, 0.2) is 0 Å². The Kier molecular flexibility index (Phi) is 3.80. The summed E-state index contributed by atoms with van der Waals surface area (Å²) in [6, 6.07) is 3.68. The van der Waals surface area contributed by atoms with Crippen LogP contribution in [0.15, 0.2) is 18.2 Å². The standard InChI is InChI=1S/C13H15ClF2/c14-10-4-2-1-3-9(7-10)12-8-11(15)5-6-13(12)16/h5-6,8-10H,1-4,7H2. The molecule has 1 aromatic rings. The van der Waals surface area contributed by atoms with Crippen molar-refractivity contribution in [3.63, 3.8) is 0 Å². The second kappa shape index (κ2) is 5.13. The van der Waals surface area contributed by atoms with Gasteiger partial charge >= 0.3 is 0 Å². The number of hydrogen-bond acceptors (Lipinski definition) is 0. The molecule has 2 rings (SSSR count). The maximum Gasteiger partial charge on any atom is 0.126 e. The molecule has 0 bridgehead atoms. The summed E-state index contributed by atoms with van der Waals surface area (Å²) in [6.45, 7) is 0. The van der Waals surface area contributed by atoms with Crippen LogP contribution in [-0.4, -0.2) is 5.38 Å². The molecule has 1 fully saturated rings. The minimum absolute atomic E-state index is 0.0701. The summed E-state index contributed by atoms with van der Waals surface area (Å²) in [6.07, 6.45) is 4.77. The molecule has 0 N–H and O–H groups in total. The van der Waals surface area contributed by atoms with Gasteiger partial charge < -0.3 is 0 Å². The van der Waals surface area contributed by atoms with Crippen LogP contribution in [0.4, 0.5) is 8.78 Å². The molecule has 3 heteroatoms. The van der Waals surface area contributed by atoms with Crippen molar-refractivity contribution >= 4 is 11.6 Å². The van der Waals surface area contributed by atoms with Gasteiger partial charge in [0.05, 0.1) is 0 Å². The van der Waals surface area contributed by atoms with Crippen molar-refractivity contribution in [2.45, 2.75) is 43.4 Å². The summed E-state index contributed by atoms with van der Waals surface area (Å²) in [5.74, 6) is -0.607. The highest BCUT2D eigenvalue weighted by Crippen LogP contribution is 2.35. The topological polar surface area (TPSA) is 0 Å². The van der Waals surface area contributed by atoms with Crippen LogP contribution in [0, 0.1) is 11.6 Å². The summed E-state index contributed by atoms with van der Waals surface area (Å²) in [5, 5.41) is 0.0927. The first-order valence-corrected chi connectivity index (χ1v) is 6.19. The first-order valence-electron chi connectivity index (χ1n) is 5.76. The molecule has 1 aromatic carbocycles. The lowest BCUT2D eigenvalue weighted by Gasteiger charge is -2.17. The van der Waals surface area contributed by atoms with Crippen LogP contribution in [0.5, 0.6) is 0 Å². The second-order valence-corrected chi connectivity index (χ2v) is 5.10. The minimum Gasteiger partial charge on any atom is -0.207 e. The third-order valence-electron chi connectivity index (χ3n) is 3.26. The van der Waals surface area contributed by atoms with Gasteiger partial charge in [0.1, 0.15) is 11.6 Å². The van der Waals surface area contributed by atoms with Gasteiger partial charge in [-0.15, -0.1) is 11.6 Å². The maximum atomic E-state index is 13.6. The molecular formula is C13H15ClF2. The Balaban J connectivity index is 2.24. The van der Waals surface area contributed by atoms with E-state index in [1.165, 1.54) is 12.1 Å². The van der Waals surface area contributed by atoms with Crippen molar-refractivity contribution < 1.29 is 8.78 Å². The molecule has 0 saturated heterocycles. The normalized spacial score (nSPS) is 26.4. The van der Waals surface area contributed by atoms with Gasteiger partial charge in [-0.25, -0.2) is 8.78 Å². The fourth-order valence-electron chi connectivity index (χ4n) is 2.41. The number of alkyl halides is 1. The molecule has 2 unspecified atom stereocenters. The van der Waals surface area contributed by atoms with Gasteiger partial charge in [0.2, 0.25) is 0 Å². The van der Waals surface area contributed by atoms with E-state index in [0.717, 1.165) is 38.2 Å². The Hall–Kier alpha value is -0.630. The van der Waals surface area contributed by atoms with E-state index >= 15 is 0 Å². The van der Waals surface area contributed by atoms with Gasteiger partial charge in [-0.05, 0) is 48.9 Å². The molecule has 0 heterocycles. The smallest absolute Gasteiger partial charge is 0.126 e. The van der Waals surface area contributed by atoms with Gasteiger partial charge in [-0.1, -0.05) is 12.8 Å². The van der Waals surface area contributed by atoms with E-state index in [2.05, 4.69) is 0 Å². The van der Waals surface area contributed by atoms with Crippen molar-refractivity contribution in [1.29, 1.82) is 0 Å². The highest BCUT2D eigenvalue weighted by Gasteiger charge is 2.22. The Morgan fingerprint density at radius 2 is 1.88 bits per heavy atom. The lowest BCUT2D eigenvalue weighted by molar-refractivity contribution is 0.527. The Labute approximate surface area is 99.6 Å². The number of rotatable bonds is 1. The fourth-order valence-corrected chi connectivity index (χ4v) is 2.78. The van der Waals surface area contributed by atoms with E-state index in [0.29, 0.717) is 5.56 Å². The lowest BCUT2D eigenvalue weighted by Crippen LogP contribution is -2.06. The van der Waals surface area contributed by atoms with E-state index in [-0.39, 0.29) is 22.9 Å². The van der Waals surface area contributed by atoms with Gasteiger partial charge in [0.25, 0.3) is 0 Å². The number of halogens is 3. The second-order valence-electron chi connectivity index (χ2n) is 4.48. The molecule has 1 aliphatic carbocycles. The highest BCUT2D eigenvalue weighted by atomic mass is 35.5. The monoisotopic (exact) mass is 244 g/mol. The quantitative estimate of drug-likeness (QED) is 0.500.